The number of carbonyl (C=O) groups is 1. The van der Waals surface area contributed by atoms with E-state index in [1.807, 2.05) is 0 Å². The zero-order valence-electron chi connectivity index (χ0n) is 12.9. The van der Waals surface area contributed by atoms with E-state index in [1.165, 1.54) is 6.42 Å². The van der Waals surface area contributed by atoms with Crippen molar-refractivity contribution in [1.82, 2.24) is 5.32 Å². The number of sulfonamides is 1. The molecule has 3 N–H and O–H groups in total. The van der Waals surface area contributed by atoms with Crippen LogP contribution in [-0.2, 0) is 10.0 Å². The van der Waals surface area contributed by atoms with E-state index in [9.17, 15) is 13.2 Å². The Morgan fingerprint density at radius 3 is 2.27 bits per heavy atom. The van der Waals surface area contributed by atoms with Gasteiger partial charge in [-0.15, -0.1) is 0 Å². The largest absolute Gasteiger partial charge is 0.335 e. The minimum absolute atomic E-state index is 0.220. The summed E-state index contributed by atoms with van der Waals surface area (Å²) in [6, 6.07) is 6.55. The topological polar surface area (TPSA) is 87.3 Å². The molecule has 1 aromatic carbocycles. The van der Waals surface area contributed by atoms with E-state index in [0.717, 1.165) is 25.5 Å². The first-order chi connectivity index (χ1) is 10.3. The number of nitrogens with one attached hydrogen (secondary N) is 3. The maximum atomic E-state index is 12.0. The number of hydrogen-bond donors (Lipinski definition) is 3. The van der Waals surface area contributed by atoms with E-state index < -0.39 is 10.0 Å². The van der Waals surface area contributed by atoms with Crippen LogP contribution in [0.5, 0.6) is 0 Å². The fourth-order valence-electron chi connectivity index (χ4n) is 2.70. The Bertz CT molecular complexity index is 613. The van der Waals surface area contributed by atoms with Gasteiger partial charge in [-0.1, -0.05) is 19.8 Å². The van der Waals surface area contributed by atoms with Crippen LogP contribution in [0.25, 0.3) is 0 Å². The van der Waals surface area contributed by atoms with Crippen LogP contribution in [0.2, 0.25) is 0 Å². The van der Waals surface area contributed by atoms with Gasteiger partial charge >= 0.3 is 6.03 Å². The SMILES string of the molecule is CC1CCCCC1NC(=O)Nc1ccc(NS(C)(=O)=O)cc1. The van der Waals surface area contributed by atoms with Gasteiger partial charge in [-0.2, -0.15) is 0 Å². The van der Waals surface area contributed by atoms with Crippen LogP contribution in [0.4, 0.5) is 16.2 Å². The first-order valence-corrected chi connectivity index (χ1v) is 9.38. The quantitative estimate of drug-likeness (QED) is 0.795. The molecule has 0 spiro atoms. The molecular weight excluding hydrogens is 302 g/mol. The second-order valence-electron chi connectivity index (χ2n) is 5.92. The molecule has 2 atom stereocenters. The molecule has 1 aliphatic rings. The molecule has 1 saturated carbocycles. The van der Waals surface area contributed by atoms with Gasteiger partial charge in [0.2, 0.25) is 10.0 Å². The van der Waals surface area contributed by atoms with Gasteiger partial charge in [0, 0.05) is 17.4 Å². The fourth-order valence-corrected chi connectivity index (χ4v) is 3.27. The second kappa shape index (κ2) is 7.00. The van der Waals surface area contributed by atoms with Crippen LogP contribution in [-0.4, -0.2) is 26.7 Å². The van der Waals surface area contributed by atoms with E-state index in [1.54, 1.807) is 24.3 Å². The molecule has 7 heteroatoms. The van der Waals surface area contributed by atoms with Gasteiger partial charge in [-0.3, -0.25) is 4.72 Å². The Labute approximate surface area is 131 Å². The van der Waals surface area contributed by atoms with Crippen molar-refractivity contribution in [1.29, 1.82) is 0 Å². The summed E-state index contributed by atoms with van der Waals surface area (Å²) < 4.78 is 24.6. The molecule has 0 aromatic heterocycles. The van der Waals surface area contributed by atoms with Gasteiger partial charge in [0.25, 0.3) is 0 Å². The van der Waals surface area contributed by atoms with E-state index in [4.69, 9.17) is 0 Å². The lowest BCUT2D eigenvalue weighted by Gasteiger charge is -2.29. The summed E-state index contributed by atoms with van der Waals surface area (Å²) in [5.74, 6) is 0.501. The molecule has 2 amide bonds. The molecule has 0 heterocycles. The third-order valence-electron chi connectivity index (χ3n) is 3.87. The molecule has 0 radical (unpaired) electrons. The predicted molar refractivity (Wildman–Crippen MR) is 88.5 cm³/mol. The van der Waals surface area contributed by atoms with Crippen molar-refractivity contribution in [2.75, 3.05) is 16.3 Å². The summed E-state index contributed by atoms with van der Waals surface area (Å²) in [4.78, 5) is 12.0. The van der Waals surface area contributed by atoms with E-state index in [0.29, 0.717) is 17.3 Å². The number of anilines is 2. The van der Waals surface area contributed by atoms with Crippen LogP contribution in [0.15, 0.2) is 24.3 Å². The zero-order valence-corrected chi connectivity index (χ0v) is 13.7. The number of urea groups is 1. The first kappa shape index (κ1) is 16.6. The molecule has 0 saturated heterocycles. The number of amides is 2. The zero-order chi connectivity index (χ0) is 16.2. The highest BCUT2D eigenvalue weighted by Gasteiger charge is 2.22. The van der Waals surface area contributed by atoms with Gasteiger partial charge in [-0.25, -0.2) is 13.2 Å². The van der Waals surface area contributed by atoms with Crippen LogP contribution in [0, 0.1) is 5.92 Å². The highest BCUT2D eigenvalue weighted by Crippen LogP contribution is 2.23. The third-order valence-corrected chi connectivity index (χ3v) is 4.48. The number of rotatable bonds is 4. The number of benzene rings is 1. The molecular formula is C15H23N3O3S. The van der Waals surface area contributed by atoms with Crippen molar-refractivity contribution in [3.8, 4) is 0 Å². The summed E-state index contributed by atoms with van der Waals surface area (Å²) in [5.41, 5.74) is 1.09. The minimum atomic E-state index is -3.29. The van der Waals surface area contributed by atoms with Crippen LogP contribution in [0.1, 0.15) is 32.6 Å². The third kappa shape index (κ3) is 5.22. The molecule has 0 aliphatic heterocycles. The van der Waals surface area contributed by atoms with Crippen molar-refractivity contribution in [3.63, 3.8) is 0 Å². The summed E-state index contributed by atoms with van der Waals surface area (Å²) >= 11 is 0. The highest BCUT2D eigenvalue weighted by atomic mass is 32.2. The molecule has 2 rings (SSSR count). The Morgan fingerprint density at radius 1 is 1.09 bits per heavy atom. The summed E-state index contributed by atoms with van der Waals surface area (Å²) in [6.45, 7) is 2.16. The smallest absolute Gasteiger partial charge is 0.319 e. The van der Waals surface area contributed by atoms with Crippen LogP contribution >= 0.6 is 0 Å². The lowest BCUT2D eigenvalue weighted by molar-refractivity contribution is 0.232. The van der Waals surface area contributed by atoms with Gasteiger partial charge in [-0.05, 0) is 43.0 Å². The minimum Gasteiger partial charge on any atom is -0.335 e. The molecule has 2 unspecified atom stereocenters. The Kier molecular flexibility index (Phi) is 5.28. The Morgan fingerprint density at radius 2 is 1.68 bits per heavy atom. The Balaban J connectivity index is 1.88. The number of carbonyl (C=O) groups excluding carboxylic acids is 1. The van der Waals surface area contributed by atoms with E-state index in [2.05, 4.69) is 22.3 Å². The van der Waals surface area contributed by atoms with Crippen LogP contribution in [0.3, 0.4) is 0 Å². The van der Waals surface area contributed by atoms with Crippen molar-refractivity contribution in [3.05, 3.63) is 24.3 Å². The first-order valence-electron chi connectivity index (χ1n) is 7.49. The number of hydrogen-bond acceptors (Lipinski definition) is 3. The average Bonchev–Trinajstić information content (AvgIpc) is 2.42. The second-order valence-corrected chi connectivity index (χ2v) is 7.67. The van der Waals surface area contributed by atoms with Gasteiger partial charge in [0.05, 0.1) is 6.26 Å². The highest BCUT2D eigenvalue weighted by molar-refractivity contribution is 7.92. The molecule has 122 valence electrons. The van der Waals surface area contributed by atoms with Gasteiger partial charge in [0.15, 0.2) is 0 Å². The summed E-state index contributed by atoms with van der Waals surface area (Å²) in [5, 5.41) is 5.78. The molecule has 1 fully saturated rings. The normalized spacial score (nSPS) is 21.9. The predicted octanol–water partition coefficient (Wildman–Crippen LogP) is 2.76. The average molecular weight is 325 g/mol. The van der Waals surface area contributed by atoms with Crippen molar-refractivity contribution >= 4 is 27.4 Å². The maximum Gasteiger partial charge on any atom is 0.319 e. The monoisotopic (exact) mass is 325 g/mol. The molecule has 0 bridgehead atoms. The lowest BCUT2D eigenvalue weighted by Crippen LogP contribution is -2.43. The van der Waals surface area contributed by atoms with Crippen LogP contribution < -0.4 is 15.4 Å². The fraction of sp³-hybridized carbons (Fsp3) is 0.533. The van der Waals surface area contributed by atoms with E-state index >= 15 is 0 Å². The Hall–Kier alpha value is -1.76. The molecule has 1 aromatic rings. The van der Waals surface area contributed by atoms with E-state index in [-0.39, 0.29) is 12.1 Å². The van der Waals surface area contributed by atoms with Crippen molar-refractivity contribution < 1.29 is 13.2 Å². The lowest BCUT2D eigenvalue weighted by atomic mass is 9.86. The standard InChI is InChI=1S/C15H23N3O3S/c1-11-5-3-4-6-14(11)17-15(19)16-12-7-9-13(10-8-12)18-22(2,20)21/h7-11,14,18H,3-6H2,1-2H3,(H2,16,17,19). The maximum absolute atomic E-state index is 12.0. The van der Waals surface area contributed by atoms with Gasteiger partial charge in [0.1, 0.15) is 0 Å². The molecule has 6 nitrogen and oxygen atoms in total. The van der Waals surface area contributed by atoms with Gasteiger partial charge < -0.3 is 10.6 Å². The summed E-state index contributed by atoms with van der Waals surface area (Å²) in [6.07, 6.45) is 5.65. The molecule has 22 heavy (non-hydrogen) atoms. The van der Waals surface area contributed by atoms with Crippen molar-refractivity contribution in [2.45, 2.75) is 38.6 Å². The van der Waals surface area contributed by atoms with Crippen molar-refractivity contribution in [2.24, 2.45) is 5.92 Å². The molecule has 1 aliphatic carbocycles. The summed E-state index contributed by atoms with van der Waals surface area (Å²) in [7, 11) is -3.29.